The summed E-state index contributed by atoms with van der Waals surface area (Å²) < 4.78 is 0. The van der Waals surface area contributed by atoms with Gasteiger partial charge in [0.2, 0.25) is 5.91 Å². The molecule has 86 valence electrons. The SMILES string of the molecule is O=C1CC(S)CN1c1c(Cl)cc(Cl)cc1Cl. The zero-order valence-electron chi connectivity index (χ0n) is 8.08. The average Bonchev–Trinajstić information content (AvgIpc) is 2.43. The van der Waals surface area contributed by atoms with E-state index in [1.54, 1.807) is 17.0 Å². The van der Waals surface area contributed by atoms with Crippen molar-refractivity contribution >= 4 is 59.0 Å². The van der Waals surface area contributed by atoms with Crippen LogP contribution >= 0.6 is 47.4 Å². The first-order valence-corrected chi connectivity index (χ1v) is 6.27. The number of carbonyl (C=O) groups is 1. The zero-order valence-corrected chi connectivity index (χ0v) is 11.2. The highest BCUT2D eigenvalue weighted by atomic mass is 35.5. The Morgan fingerprint density at radius 1 is 1.25 bits per heavy atom. The summed E-state index contributed by atoms with van der Waals surface area (Å²) in [5.41, 5.74) is 0.522. The molecule has 2 nitrogen and oxygen atoms in total. The molecule has 1 fully saturated rings. The fraction of sp³-hybridized carbons (Fsp3) is 0.300. The first kappa shape index (κ1) is 12.4. The van der Waals surface area contributed by atoms with E-state index < -0.39 is 0 Å². The molecule has 2 rings (SSSR count). The molecule has 1 aliphatic heterocycles. The van der Waals surface area contributed by atoms with E-state index >= 15 is 0 Å². The zero-order chi connectivity index (χ0) is 11.9. The first-order valence-electron chi connectivity index (χ1n) is 4.62. The number of hydrogen-bond acceptors (Lipinski definition) is 2. The minimum absolute atomic E-state index is 0.0221. The Kier molecular flexibility index (Phi) is 3.59. The van der Waals surface area contributed by atoms with Crippen LogP contribution in [0.3, 0.4) is 0 Å². The van der Waals surface area contributed by atoms with Gasteiger partial charge in [-0.1, -0.05) is 34.8 Å². The number of benzene rings is 1. The molecule has 6 heteroatoms. The largest absolute Gasteiger partial charge is 0.308 e. The summed E-state index contributed by atoms with van der Waals surface area (Å²) in [6.45, 7) is 0.517. The molecule has 0 aliphatic carbocycles. The van der Waals surface area contributed by atoms with Gasteiger partial charge in [0.25, 0.3) is 0 Å². The molecule has 0 bridgehead atoms. The summed E-state index contributed by atoms with van der Waals surface area (Å²) in [6, 6.07) is 3.15. The number of hydrogen-bond donors (Lipinski definition) is 1. The molecule has 1 aromatic rings. The third-order valence-electron chi connectivity index (χ3n) is 2.36. The lowest BCUT2D eigenvalue weighted by Gasteiger charge is -2.19. The van der Waals surface area contributed by atoms with Crippen LogP contribution in [0.1, 0.15) is 6.42 Å². The summed E-state index contributed by atoms with van der Waals surface area (Å²) in [4.78, 5) is 13.3. The van der Waals surface area contributed by atoms with Gasteiger partial charge in [0.15, 0.2) is 0 Å². The van der Waals surface area contributed by atoms with Crippen LogP contribution in [0.2, 0.25) is 15.1 Å². The van der Waals surface area contributed by atoms with Gasteiger partial charge >= 0.3 is 0 Å². The van der Waals surface area contributed by atoms with Gasteiger partial charge in [-0.15, -0.1) is 0 Å². The maximum Gasteiger partial charge on any atom is 0.228 e. The van der Waals surface area contributed by atoms with Crippen molar-refractivity contribution in [2.45, 2.75) is 11.7 Å². The van der Waals surface area contributed by atoms with Crippen molar-refractivity contribution in [1.82, 2.24) is 0 Å². The van der Waals surface area contributed by atoms with Gasteiger partial charge in [0.1, 0.15) is 0 Å². The molecule has 1 saturated heterocycles. The number of anilines is 1. The van der Waals surface area contributed by atoms with Crippen molar-refractivity contribution in [2.24, 2.45) is 0 Å². The number of amides is 1. The molecule has 1 aliphatic rings. The number of halogens is 3. The van der Waals surface area contributed by atoms with Crippen LogP contribution in [0.25, 0.3) is 0 Å². The van der Waals surface area contributed by atoms with Crippen molar-refractivity contribution < 1.29 is 4.79 Å². The van der Waals surface area contributed by atoms with Crippen LogP contribution in [-0.4, -0.2) is 17.7 Å². The molecule has 1 aromatic carbocycles. The van der Waals surface area contributed by atoms with Crippen molar-refractivity contribution in [1.29, 1.82) is 0 Å². The molecule has 0 saturated carbocycles. The molecule has 0 aromatic heterocycles. The van der Waals surface area contributed by atoms with Gasteiger partial charge in [0.05, 0.1) is 15.7 Å². The van der Waals surface area contributed by atoms with E-state index in [9.17, 15) is 4.79 Å². The molecule has 0 N–H and O–H groups in total. The highest BCUT2D eigenvalue weighted by molar-refractivity contribution is 7.81. The normalized spacial score (nSPS) is 20.6. The van der Waals surface area contributed by atoms with Gasteiger partial charge in [-0.3, -0.25) is 4.79 Å². The Morgan fingerprint density at radius 3 is 2.25 bits per heavy atom. The third kappa shape index (κ3) is 2.28. The van der Waals surface area contributed by atoms with E-state index in [4.69, 9.17) is 34.8 Å². The van der Waals surface area contributed by atoms with Crippen molar-refractivity contribution in [3.8, 4) is 0 Å². The molecule has 0 spiro atoms. The van der Waals surface area contributed by atoms with E-state index in [0.717, 1.165) is 0 Å². The van der Waals surface area contributed by atoms with Crippen LogP contribution in [0.15, 0.2) is 12.1 Å². The standard InChI is InChI=1S/C10H8Cl3NOS/c11-5-1-7(12)10(8(13)2-5)14-4-6(16)3-9(14)15/h1-2,6,16H,3-4H2. The van der Waals surface area contributed by atoms with Gasteiger partial charge in [-0.25, -0.2) is 0 Å². The van der Waals surface area contributed by atoms with E-state index in [-0.39, 0.29) is 11.2 Å². The number of rotatable bonds is 1. The second kappa shape index (κ2) is 4.65. The van der Waals surface area contributed by atoms with Crippen molar-refractivity contribution in [2.75, 3.05) is 11.4 Å². The smallest absolute Gasteiger partial charge is 0.228 e. The highest BCUT2D eigenvalue weighted by Crippen LogP contribution is 2.38. The van der Waals surface area contributed by atoms with E-state index in [2.05, 4.69) is 12.6 Å². The molecule has 1 amide bonds. The molecule has 1 heterocycles. The van der Waals surface area contributed by atoms with Gasteiger partial charge < -0.3 is 4.90 Å². The van der Waals surface area contributed by atoms with E-state index in [0.29, 0.717) is 33.7 Å². The summed E-state index contributed by atoms with van der Waals surface area (Å²) in [6.07, 6.45) is 0.401. The summed E-state index contributed by atoms with van der Waals surface area (Å²) >= 11 is 22.2. The van der Waals surface area contributed by atoms with Gasteiger partial charge in [-0.05, 0) is 12.1 Å². The summed E-state index contributed by atoms with van der Waals surface area (Å²) in [7, 11) is 0. The molecular formula is C10H8Cl3NOS. The predicted molar refractivity (Wildman–Crippen MR) is 71.2 cm³/mol. The van der Waals surface area contributed by atoms with Gasteiger partial charge in [-0.2, -0.15) is 12.6 Å². The van der Waals surface area contributed by atoms with Crippen LogP contribution in [0.4, 0.5) is 5.69 Å². The summed E-state index contributed by atoms with van der Waals surface area (Å²) in [5, 5.41) is 1.24. The van der Waals surface area contributed by atoms with Crippen LogP contribution in [-0.2, 0) is 4.79 Å². The van der Waals surface area contributed by atoms with E-state index in [1.807, 2.05) is 0 Å². The second-order valence-electron chi connectivity index (χ2n) is 3.58. The monoisotopic (exact) mass is 295 g/mol. The maximum atomic E-state index is 11.7. The molecule has 1 atom stereocenters. The Balaban J connectivity index is 2.44. The van der Waals surface area contributed by atoms with Crippen LogP contribution < -0.4 is 4.90 Å². The molecule has 0 radical (unpaired) electrons. The topological polar surface area (TPSA) is 20.3 Å². The molecule has 1 unspecified atom stereocenters. The maximum absolute atomic E-state index is 11.7. The minimum atomic E-state index is -0.0221. The van der Waals surface area contributed by atoms with Crippen molar-refractivity contribution in [3.05, 3.63) is 27.2 Å². The highest BCUT2D eigenvalue weighted by Gasteiger charge is 2.31. The Morgan fingerprint density at radius 2 is 1.81 bits per heavy atom. The second-order valence-corrected chi connectivity index (χ2v) is 5.56. The lowest BCUT2D eigenvalue weighted by molar-refractivity contribution is -0.117. The lowest BCUT2D eigenvalue weighted by atomic mass is 10.3. The third-order valence-corrected chi connectivity index (χ3v) is 3.50. The number of carbonyl (C=O) groups excluding carboxylic acids is 1. The molecule has 16 heavy (non-hydrogen) atoms. The molecular weight excluding hydrogens is 289 g/mol. The minimum Gasteiger partial charge on any atom is -0.308 e. The van der Waals surface area contributed by atoms with Crippen molar-refractivity contribution in [3.63, 3.8) is 0 Å². The Labute approximate surface area is 114 Å². The fourth-order valence-electron chi connectivity index (χ4n) is 1.70. The summed E-state index contributed by atoms with van der Waals surface area (Å²) in [5.74, 6) is -0.0221. The average molecular weight is 297 g/mol. The lowest BCUT2D eigenvalue weighted by Crippen LogP contribution is -2.25. The number of thiol groups is 1. The van der Waals surface area contributed by atoms with E-state index in [1.165, 1.54) is 0 Å². The van der Waals surface area contributed by atoms with Gasteiger partial charge in [0, 0.05) is 23.2 Å². The van der Waals surface area contributed by atoms with Crippen LogP contribution in [0.5, 0.6) is 0 Å². The Bertz CT molecular complexity index is 429. The Hall–Kier alpha value is -0.0900. The van der Waals surface area contributed by atoms with Crippen LogP contribution in [0, 0.1) is 0 Å². The number of nitrogens with zero attached hydrogens (tertiary/aromatic N) is 1. The fourth-order valence-corrected chi connectivity index (χ4v) is 3.04. The first-order chi connectivity index (χ1) is 7.49. The predicted octanol–water partition coefficient (Wildman–Crippen LogP) is 3.68. The quantitative estimate of drug-likeness (QED) is 0.784.